The first-order chi connectivity index (χ1) is 12.0. The van der Waals surface area contributed by atoms with E-state index in [0.29, 0.717) is 0 Å². The highest BCUT2D eigenvalue weighted by Crippen LogP contribution is 2.24. The minimum Gasteiger partial charge on any atom is -0.485 e. The Bertz CT molecular complexity index is 924. The van der Waals surface area contributed by atoms with E-state index in [1.165, 1.54) is 17.1 Å². The fourth-order valence-corrected chi connectivity index (χ4v) is 3.26. The molecule has 25 heavy (non-hydrogen) atoms. The predicted molar refractivity (Wildman–Crippen MR) is 101 cm³/mol. The number of benzene rings is 2. The SMILES string of the molecule is Cc1cc(C)c(OCC(=O)CN=Cc2ccc3snnc3c2)c(C)c1. The molecule has 0 radical (unpaired) electrons. The normalized spacial score (nSPS) is 11.3. The van der Waals surface area contributed by atoms with Crippen molar-refractivity contribution >= 4 is 33.7 Å². The van der Waals surface area contributed by atoms with Crippen molar-refractivity contribution in [3.63, 3.8) is 0 Å². The minimum absolute atomic E-state index is 0.0249. The summed E-state index contributed by atoms with van der Waals surface area (Å²) in [6, 6.07) is 9.89. The first kappa shape index (κ1) is 17.2. The number of Topliss-reactive ketones (excluding diaryl/α,β-unsaturated/α-hetero) is 1. The molecular weight excluding hydrogens is 334 g/mol. The van der Waals surface area contributed by atoms with Crippen LogP contribution < -0.4 is 4.74 Å². The fraction of sp³-hybridized carbons (Fsp3) is 0.263. The van der Waals surface area contributed by atoms with Crippen molar-refractivity contribution in [3.05, 3.63) is 52.6 Å². The summed E-state index contributed by atoms with van der Waals surface area (Å²) < 4.78 is 10.6. The number of rotatable bonds is 6. The van der Waals surface area contributed by atoms with Crippen LogP contribution in [0.3, 0.4) is 0 Å². The third-order valence-electron chi connectivity index (χ3n) is 3.76. The molecule has 0 saturated carbocycles. The predicted octanol–water partition coefficient (Wildman–Crippen LogP) is 3.68. The monoisotopic (exact) mass is 353 g/mol. The smallest absolute Gasteiger partial charge is 0.191 e. The Labute approximate surface area is 150 Å². The molecule has 0 amide bonds. The van der Waals surface area contributed by atoms with Crippen molar-refractivity contribution in [2.45, 2.75) is 20.8 Å². The van der Waals surface area contributed by atoms with Crippen LogP contribution in [0, 0.1) is 20.8 Å². The summed E-state index contributed by atoms with van der Waals surface area (Å²) in [6.07, 6.45) is 1.68. The molecule has 0 aliphatic rings. The number of ketones is 1. The summed E-state index contributed by atoms with van der Waals surface area (Å²) in [7, 11) is 0. The van der Waals surface area contributed by atoms with Crippen molar-refractivity contribution in [3.8, 4) is 5.75 Å². The van der Waals surface area contributed by atoms with Gasteiger partial charge in [-0.05, 0) is 61.1 Å². The van der Waals surface area contributed by atoms with Gasteiger partial charge < -0.3 is 4.74 Å². The summed E-state index contributed by atoms with van der Waals surface area (Å²) >= 11 is 1.36. The van der Waals surface area contributed by atoms with E-state index in [-0.39, 0.29) is 18.9 Å². The molecule has 1 heterocycles. The molecule has 3 aromatic rings. The Kier molecular flexibility index (Phi) is 5.19. The van der Waals surface area contributed by atoms with E-state index in [9.17, 15) is 4.79 Å². The zero-order chi connectivity index (χ0) is 17.8. The summed E-state index contributed by atoms with van der Waals surface area (Å²) in [5, 5.41) is 4.03. The van der Waals surface area contributed by atoms with Gasteiger partial charge in [0.05, 0.1) is 4.70 Å². The zero-order valence-corrected chi connectivity index (χ0v) is 15.3. The van der Waals surface area contributed by atoms with Crippen LogP contribution >= 0.6 is 11.5 Å². The Morgan fingerprint density at radius 2 is 1.96 bits per heavy atom. The van der Waals surface area contributed by atoms with E-state index in [1.807, 2.05) is 39.0 Å². The Morgan fingerprint density at radius 1 is 1.20 bits per heavy atom. The van der Waals surface area contributed by atoms with Crippen LogP contribution in [0.2, 0.25) is 0 Å². The van der Waals surface area contributed by atoms with Crippen molar-refractivity contribution in [2.24, 2.45) is 4.99 Å². The van der Waals surface area contributed by atoms with Crippen molar-refractivity contribution < 1.29 is 9.53 Å². The lowest BCUT2D eigenvalue weighted by Gasteiger charge is -2.12. The highest BCUT2D eigenvalue weighted by atomic mass is 32.1. The summed E-state index contributed by atoms with van der Waals surface area (Å²) in [5.74, 6) is 0.719. The van der Waals surface area contributed by atoms with Crippen molar-refractivity contribution in [1.29, 1.82) is 0 Å². The van der Waals surface area contributed by atoms with Gasteiger partial charge in [-0.3, -0.25) is 9.79 Å². The third-order valence-corrected chi connectivity index (χ3v) is 4.47. The molecule has 0 fully saturated rings. The number of nitrogens with zero attached hydrogens (tertiary/aromatic N) is 3. The maximum absolute atomic E-state index is 12.0. The Morgan fingerprint density at radius 3 is 2.72 bits per heavy atom. The first-order valence-corrected chi connectivity index (χ1v) is 8.74. The average molecular weight is 353 g/mol. The largest absolute Gasteiger partial charge is 0.485 e. The van der Waals surface area contributed by atoms with Crippen LogP contribution in [-0.4, -0.2) is 34.7 Å². The van der Waals surface area contributed by atoms with Gasteiger partial charge in [-0.15, -0.1) is 5.10 Å². The molecule has 1 aromatic heterocycles. The molecule has 0 spiro atoms. The number of carbonyl (C=O) groups is 1. The molecule has 0 atom stereocenters. The first-order valence-electron chi connectivity index (χ1n) is 7.97. The Balaban J connectivity index is 1.56. The standard InChI is InChI=1S/C19H19N3O2S/c1-12-6-13(2)19(14(3)7-12)24-11-16(23)10-20-9-15-4-5-18-17(8-15)21-22-25-18/h4-9H,10-11H2,1-3H3. The minimum atomic E-state index is -0.0629. The van der Waals surface area contributed by atoms with E-state index in [4.69, 9.17) is 4.74 Å². The highest BCUT2D eigenvalue weighted by Gasteiger charge is 2.08. The van der Waals surface area contributed by atoms with Crippen LogP contribution in [0.15, 0.2) is 35.3 Å². The molecule has 5 nitrogen and oxygen atoms in total. The number of carbonyl (C=O) groups excluding carboxylic acids is 1. The molecule has 0 saturated heterocycles. The lowest BCUT2D eigenvalue weighted by atomic mass is 10.1. The number of hydrogen-bond donors (Lipinski definition) is 0. The van der Waals surface area contributed by atoms with Crippen LogP contribution in [0.5, 0.6) is 5.75 Å². The van der Waals surface area contributed by atoms with E-state index >= 15 is 0 Å². The molecule has 2 aromatic carbocycles. The second-order valence-electron chi connectivity index (χ2n) is 6.03. The number of aliphatic imine (C=N–C) groups is 1. The molecule has 0 N–H and O–H groups in total. The van der Waals surface area contributed by atoms with E-state index < -0.39 is 0 Å². The molecule has 0 aliphatic carbocycles. The van der Waals surface area contributed by atoms with Crippen LogP contribution in [-0.2, 0) is 4.79 Å². The van der Waals surface area contributed by atoms with Gasteiger partial charge in [0.15, 0.2) is 5.78 Å². The molecule has 0 aliphatic heterocycles. The van der Waals surface area contributed by atoms with Crippen LogP contribution in [0.4, 0.5) is 0 Å². The van der Waals surface area contributed by atoms with Gasteiger partial charge in [0, 0.05) is 6.21 Å². The van der Waals surface area contributed by atoms with Gasteiger partial charge in [0.1, 0.15) is 24.4 Å². The summed E-state index contributed by atoms with van der Waals surface area (Å²) in [4.78, 5) is 16.2. The molecule has 3 rings (SSSR count). The number of aryl methyl sites for hydroxylation is 3. The van der Waals surface area contributed by atoms with Gasteiger partial charge in [0.25, 0.3) is 0 Å². The summed E-state index contributed by atoms with van der Waals surface area (Å²) in [5.41, 5.74) is 5.01. The fourth-order valence-electron chi connectivity index (χ4n) is 2.72. The molecule has 0 unspecified atom stereocenters. The molecule has 128 valence electrons. The van der Waals surface area contributed by atoms with Crippen molar-refractivity contribution in [1.82, 2.24) is 9.59 Å². The molecule has 6 heteroatoms. The number of fused-ring (bicyclic) bond motifs is 1. The van der Waals surface area contributed by atoms with Crippen LogP contribution in [0.25, 0.3) is 10.2 Å². The number of ether oxygens (including phenoxy) is 1. The molecule has 0 bridgehead atoms. The topological polar surface area (TPSA) is 64.4 Å². The maximum atomic E-state index is 12.0. The van der Waals surface area contributed by atoms with Gasteiger partial charge in [-0.2, -0.15) is 0 Å². The van der Waals surface area contributed by atoms with E-state index in [1.54, 1.807) is 6.21 Å². The van der Waals surface area contributed by atoms with E-state index in [2.05, 4.69) is 26.7 Å². The summed E-state index contributed by atoms with van der Waals surface area (Å²) in [6.45, 7) is 6.14. The number of aromatic nitrogens is 2. The third kappa shape index (κ3) is 4.28. The van der Waals surface area contributed by atoms with Gasteiger partial charge in [0.2, 0.25) is 0 Å². The lowest BCUT2D eigenvalue weighted by molar-refractivity contribution is -0.119. The van der Waals surface area contributed by atoms with E-state index in [0.717, 1.165) is 32.7 Å². The maximum Gasteiger partial charge on any atom is 0.191 e. The second-order valence-corrected chi connectivity index (χ2v) is 6.81. The van der Waals surface area contributed by atoms with Crippen LogP contribution in [0.1, 0.15) is 22.3 Å². The van der Waals surface area contributed by atoms with Gasteiger partial charge in [-0.1, -0.05) is 28.3 Å². The molecular formula is C19H19N3O2S. The quantitative estimate of drug-likeness (QED) is 0.634. The number of hydrogen-bond acceptors (Lipinski definition) is 6. The van der Waals surface area contributed by atoms with Gasteiger partial charge in [-0.25, -0.2) is 0 Å². The van der Waals surface area contributed by atoms with Gasteiger partial charge >= 0.3 is 0 Å². The lowest BCUT2D eigenvalue weighted by Crippen LogP contribution is -2.15. The Hall–Kier alpha value is -2.60. The second kappa shape index (κ2) is 7.53. The zero-order valence-electron chi connectivity index (χ0n) is 14.4. The average Bonchev–Trinajstić information content (AvgIpc) is 3.01. The van der Waals surface area contributed by atoms with Crippen molar-refractivity contribution in [2.75, 3.05) is 13.2 Å². The highest BCUT2D eigenvalue weighted by molar-refractivity contribution is 7.12.